The zero-order valence-electron chi connectivity index (χ0n) is 13.5. The Labute approximate surface area is 139 Å². The van der Waals surface area contributed by atoms with E-state index < -0.39 is 0 Å². The summed E-state index contributed by atoms with van der Waals surface area (Å²) in [5.74, 6) is -0.341. The Morgan fingerprint density at radius 3 is 2.67 bits per heavy atom. The van der Waals surface area contributed by atoms with Gasteiger partial charge in [-0.3, -0.25) is 9.78 Å². The second-order valence-electron chi connectivity index (χ2n) is 5.56. The Hall–Kier alpha value is -2.99. The van der Waals surface area contributed by atoms with Crippen LogP contribution in [-0.2, 0) is 6.61 Å². The van der Waals surface area contributed by atoms with Crippen molar-refractivity contribution in [2.24, 2.45) is 0 Å². The molecule has 0 saturated carbocycles. The molecule has 24 heavy (non-hydrogen) atoms. The van der Waals surface area contributed by atoms with Crippen LogP contribution in [0.25, 0.3) is 5.69 Å². The van der Waals surface area contributed by atoms with E-state index in [1.54, 1.807) is 23.0 Å². The van der Waals surface area contributed by atoms with Crippen LogP contribution in [-0.4, -0.2) is 25.8 Å². The minimum absolute atomic E-state index is 0.172. The standard InChI is InChI=1S/C18H18N4O2/c1-12-3-5-15(6-4-12)22-13(2)9-16(21-22)18(24)20-17-10-19-8-7-14(17)11-23/h3-10,23H,11H2,1-2H3,(H,20,24). The molecular weight excluding hydrogens is 304 g/mol. The first-order valence-electron chi connectivity index (χ1n) is 7.57. The number of anilines is 1. The summed E-state index contributed by atoms with van der Waals surface area (Å²) < 4.78 is 1.73. The SMILES string of the molecule is Cc1ccc(-n2nc(C(=O)Nc3cnccc3CO)cc2C)cc1. The van der Waals surface area contributed by atoms with Crippen LogP contribution in [0.1, 0.15) is 27.3 Å². The van der Waals surface area contributed by atoms with Gasteiger partial charge in [0, 0.05) is 17.5 Å². The van der Waals surface area contributed by atoms with E-state index in [1.807, 2.05) is 38.1 Å². The van der Waals surface area contributed by atoms with E-state index in [0.29, 0.717) is 16.9 Å². The van der Waals surface area contributed by atoms with Crippen molar-refractivity contribution in [3.8, 4) is 5.69 Å². The number of aromatic nitrogens is 3. The maximum absolute atomic E-state index is 12.4. The van der Waals surface area contributed by atoms with Crippen molar-refractivity contribution in [1.29, 1.82) is 0 Å². The van der Waals surface area contributed by atoms with Crippen molar-refractivity contribution in [2.45, 2.75) is 20.5 Å². The molecule has 2 heterocycles. The van der Waals surface area contributed by atoms with Crippen LogP contribution in [0, 0.1) is 13.8 Å². The predicted molar refractivity (Wildman–Crippen MR) is 91.2 cm³/mol. The Bertz CT molecular complexity index is 869. The average molecular weight is 322 g/mol. The van der Waals surface area contributed by atoms with Crippen molar-refractivity contribution >= 4 is 11.6 Å². The Kier molecular flexibility index (Phi) is 4.39. The van der Waals surface area contributed by atoms with Gasteiger partial charge in [0.2, 0.25) is 0 Å². The third-order valence-electron chi connectivity index (χ3n) is 3.73. The minimum atomic E-state index is -0.341. The quantitative estimate of drug-likeness (QED) is 0.774. The van der Waals surface area contributed by atoms with Gasteiger partial charge in [-0.25, -0.2) is 4.68 Å². The molecular formula is C18H18N4O2. The van der Waals surface area contributed by atoms with Gasteiger partial charge in [-0.05, 0) is 38.1 Å². The minimum Gasteiger partial charge on any atom is -0.392 e. The molecule has 122 valence electrons. The second kappa shape index (κ2) is 6.64. The predicted octanol–water partition coefficient (Wildman–Crippen LogP) is 2.63. The zero-order chi connectivity index (χ0) is 17.1. The Balaban J connectivity index is 1.86. The van der Waals surface area contributed by atoms with Crippen molar-refractivity contribution < 1.29 is 9.90 Å². The van der Waals surface area contributed by atoms with Crippen molar-refractivity contribution in [1.82, 2.24) is 14.8 Å². The fourth-order valence-corrected chi connectivity index (χ4v) is 2.39. The average Bonchev–Trinajstić information content (AvgIpc) is 2.98. The van der Waals surface area contributed by atoms with E-state index >= 15 is 0 Å². The van der Waals surface area contributed by atoms with Gasteiger partial charge >= 0.3 is 0 Å². The van der Waals surface area contributed by atoms with Crippen molar-refractivity contribution in [3.05, 3.63) is 71.3 Å². The number of benzene rings is 1. The largest absolute Gasteiger partial charge is 0.392 e. The highest BCUT2D eigenvalue weighted by Gasteiger charge is 2.15. The van der Waals surface area contributed by atoms with E-state index in [1.165, 1.54) is 6.20 Å². The summed E-state index contributed by atoms with van der Waals surface area (Å²) in [5, 5.41) is 16.4. The zero-order valence-corrected chi connectivity index (χ0v) is 13.5. The lowest BCUT2D eigenvalue weighted by molar-refractivity contribution is 0.102. The molecule has 0 fully saturated rings. The molecule has 2 aromatic heterocycles. The summed E-state index contributed by atoms with van der Waals surface area (Å²) in [6, 6.07) is 11.3. The topological polar surface area (TPSA) is 80.0 Å². The van der Waals surface area contributed by atoms with Crippen LogP contribution in [0.5, 0.6) is 0 Å². The molecule has 3 aromatic rings. The van der Waals surface area contributed by atoms with Gasteiger partial charge in [0.25, 0.3) is 5.91 Å². The summed E-state index contributed by atoms with van der Waals surface area (Å²) in [6.07, 6.45) is 3.07. The number of carbonyl (C=O) groups is 1. The fraction of sp³-hybridized carbons (Fsp3) is 0.167. The summed E-state index contributed by atoms with van der Waals surface area (Å²) in [5.41, 5.74) is 4.31. The Morgan fingerprint density at radius 2 is 1.96 bits per heavy atom. The lowest BCUT2D eigenvalue weighted by atomic mass is 10.2. The molecule has 0 saturated heterocycles. The molecule has 0 unspecified atom stereocenters. The molecule has 1 amide bonds. The molecule has 0 aliphatic heterocycles. The summed E-state index contributed by atoms with van der Waals surface area (Å²) >= 11 is 0. The molecule has 0 radical (unpaired) electrons. The number of aryl methyl sites for hydroxylation is 2. The normalized spacial score (nSPS) is 10.6. The van der Waals surface area contributed by atoms with Gasteiger partial charge in [-0.1, -0.05) is 17.7 Å². The number of rotatable bonds is 4. The van der Waals surface area contributed by atoms with Crippen LogP contribution in [0.3, 0.4) is 0 Å². The van der Waals surface area contributed by atoms with E-state index in [-0.39, 0.29) is 12.5 Å². The Morgan fingerprint density at radius 1 is 1.21 bits per heavy atom. The van der Waals surface area contributed by atoms with Crippen molar-refractivity contribution in [2.75, 3.05) is 5.32 Å². The molecule has 0 spiro atoms. The number of aliphatic hydroxyl groups excluding tert-OH is 1. The van der Waals surface area contributed by atoms with E-state index in [0.717, 1.165) is 16.9 Å². The highest BCUT2D eigenvalue weighted by Crippen LogP contribution is 2.16. The molecule has 0 aliphatic rings. The van der Waals surface area contributed by atoms with E-state index in [2.05, 4.69) is 15.4 Å². The molecule has 0 atom stereocenters. The number of pyridine rings is 1. The smallest absolute Gasteiger partial charge is 0.276 e. The highest BCUT2D eigenvalue weighted by molar-refractivity contribution is 6.03. The van der Waals surface area contributed by atoms with Crippen LogP contribution in [0.15, 0.2) is 48.8 Å². The van der Waals surface area contributed by atoms with E-state index in [9.17, 15) is 9.90 Å². The van der Waals surface area contributed by atoms with Gasteiger partial charge in [0.1, 0.15) is 0 Å². The van der Waals surface area contributed by atoms with Crippen LogP contribution in [0.4, 0.5) is 5.69 Å². The summed E-state index contributed by atoms with van der Waals surface area (Å²) in [4.78, 5) is 16.4. The molecule has 2 N–H and O–H groups in total. The summed E-state index contributed by atoms with van der Waals surface area (Å²) in [7, 11) is 0. The maximum Gasteiger partial charge on any atom is 0.276 e. The number of nitrogens with one attached hydrogen (secondary N) is 1. The molecule has 6 nitrogen and oxygen atoms in total. The molecule has 0 bridgehead atoms. The first-order valence-corrected chi connectivity index (χ1v) is 7.57. The number of hydrogen-bond donors (Lipinski definition) is 2. The second-order valence-corrected chi connectivity index (χ2v) is 5.56. The fourth-order valence-electron chi connectivity index (χ4n) is 2.39. The number of carbonyl (C=O) groups excluding carboxylic acids is 1. The van der Waals surface area contributed by atoms with Crippen LogP contribution in [0.2, 0.25) is 0 Å². The van der Waals surface area contributed by atoms with Gasteiger partial charge in [0.05, 0.1) is 24.2 Å². The first kappa shape index (κ1) is 15.9. The van der Waals surface area contributed by atoms with Gasteiger partial charge < -0.3 is 10.4 Å². The third-order valence-corrected chi connectivity index (χ3v) is 3.73. The first-order chi connectivity index (χ1) is 11.6. The maximum atomic E-state index is 12.4. The summed E-state index contributed by atoms with van der Waals surface area (Å²) in [6.45, 7) is 3.74. The lowest BCUT2D eigenvalue weighted by Gasteiger charge is -2.07. The van der Waals surface area contributed by atoms with Crippen LogP contribution >= 0.6 is 0 Å². The number of aliphatic hydroxyl groups is 1. The highest BCUT2D eigenvalue weighted by atomic mass is 16.3. The van der Waals surface area contributed by atoms with Gasteiger partial charge in [0.15, 0.2) is 5.69 Å². The molecule has 1 aromatic carbocycles. The monoisotopic (exact) mass is 322 g/mol. The number of nitrogens with zero attached hydrogens (tertiary/aromatic N) is 3. The molecule has 3 rings (SSSR count). The van der Waals surface area contributed by atoms with Crippen molar-refractivity contribution in [3.63, 3.8) is 0 Å². The molecule has 6 heteroatoms. The molecule has 0 aliphatic carbocycles. The third kappa shape index (κ3) is 3.18. The number of hydrogen-bond acceptors (Lipinski definition) is 4. The van der Waals surface area contributed by atoms with E-state index in [4.69, 9.17) is 0 Å². The lowest BCUT2D eigenvalue weighted by Crippen LogP contribution is -2.14. The van der Waals surface area contributed by atoms with Crippen LogP contribution < -0.4 is 5.32 Å². The number of amides is 1. The van der Waals surface area contributed by atoms with Gasteiger partial charge in [-0.15, -0.1) is 0 Å². The van der Waals surface area contributed by atoms with Gasteiger partial charge in [-0.2, -0.15) is 5.10 Å².